The number of carbonyl (C=O) groups is 1. The molecule has 27 heavy (non-hydrogen) atoms. The number of piperidine rings is 1. The van der Waals surface area contributed by atoms with Crippen LogP contribution in [0.1, 0.15) is 54.9 Å². The number of carbonyl (C=O) groups excluding carboxylic acids is 1. The Labute approximate surface area is 162 Å². The summed E-state index contributed by atoms with van der Waals surface area (Å²) < 4.78 is 1.75. The number of pyridine rings is 1. The summed E-state index contributed by atoms with van der Waals surface area (Å²) in [7, 11) is 1.87. The van der Waals surface area contributed by atoms with Gasteiger partial charge in [0.15, 0.2) is 5.65 Å². The highest BCUT2D eigenvalue weighted by molar-refractivity contribution is 6.06. The second kappa shape index (κ2) is 8.38. The molecule has 0 spiro atoms. The van der Waals surface area contributed by atoms with Gasteiger partial charge in [-0.15, -0.1) is 0 Å². The number of hydrogen-bond acceptors (Lipinski definition) is 4. The summed E-state index contributed by atoms with van der Waals surface area (Å²) in [6, 6.07) is 1.86. The van der Waals surface area contributed by atoms with Gasteiger partial charge in [-0.3, -0.25) is 9.48 Å². The van der Waals surface area contributed by atoms with E-state index >= 15 is 0 Å². The lowest BCUT2D eigenvalue weighted by molar-refractivity contribution is 0.0953. The number of likely N-dealkylation sites (tertiary alicyclic amines) is 1. The summed E-state index contributed by atoms with van der Waals surface area (Å²) in [4.78, 5) is 19.8. The Morgan fingerprint density at radius 2 is 1.93 bits per heavy atom. The fraction of sp³-hybridized carbons (Fsp3) is 0.667. The zero-order valence-corrected chi connectivity index (χ0v) is 17.4. The molecule has 2 unspecified atom stereocenters. The lowest BCUT2D eigenvalue weighted by Crippen LogP contribution is -2.39. The molecule has 2 aromatic rings. The zero-order valence-electron chi connectivity index (χ0n) is 17.4. The van der Waals surface area contributed by atoms with E-state index in [1.807, 2.05) is 27.0 Å². The van der Waals surface area contributed by atoms with Crippen LogP contribution in [0.3, 0.4) is 0 Å². The van der Waals surface area contributed by atoms with E-state index in [0.717, 1.165) is 53.6 Å². The summed E-state index contributed by atoms with van der Waals surface area (Å²) in [5.41, 5.74) is 3.13. The van der Waals surface area contributed by atoms with Gasteiger partial charge < -0.3 is 10.2 Å². The number of nitrogens with one attached hydrogen (secondary N) is 1. The van der Waals surface area contributed by atoms with Crippen LogP contribution in [0, 0.1) is 25.7 Å². The monoisotopic (exact) mass is 371 g/mol. The fourth-order valence-electron chi connectivity index (χ4n) is 4.48. The van der Waals surface area contributed by atoms with Gasteiger partial charge in [-0.2, -0.15) is 5.10 Å². The summed E-state index contributed by atoms with van der Waals surface area (Å²) >= 11 is 0. The smallest absolute Gasteiger partial charge is 0.252 e. The van der Waals surface area contributed by atoms with E-state index in [9.17, 15) is 4.79 Å². The van der Waals surface area contributed by atoms with Gasteiger partial charge in [0.1, 0.15) is 0 Å². The van der Waals surface area contributed by atoms with Crippen LogP contribution in [-0.2, 0) is 7.05 Å². The molecule has 148 valence electrons. The third-order valence-corrected chi connectivity index (χ3v) is 5.47. The van der Waals surface area contributed by atoms with Crippen LogP contribution in [0.15, 0.2) is 6.07 Å². The second-order valence-corrected chi connectivity index (χ2v) is 8.39. The molecule has 1 amide bonds. The zero-order chi connectivity index (χ0) is 19.6. The number of aryl methyl sites for hydroxylation is 3. The average Bonchev–Trinajstić information content (AvgIpc) is 2.87. The van der Waals surface area contributed by atoms with Gasteiger partial charge in [0.25, 0.3) is 5.91 Å². The quantitative estimate of drug-likeness (QED) is 0.793. The highest BCUT2D eigenvalue weighted by Gasteiger charge is 2.21. The molecule has 0 aromatic carbocycles. The second-order valence-electron chi connectivity index (χ2n) is 8.39. The molecule has 3 rings (SSSR count). The van der Waals surface area contributed by atoms with Crippen LogP contribution in [-0.4, -0.2) is 51.8 Å². The molecule has 2 aromatic heterocycles. The van der Waals surface area contributed by atoms with Crippen molar-refractivity contribution in [2.75, 3.05) is 26.2 Å². The molecule has 1 aliphatic heterocycles. The van der Waals surface area contributed by atoms with E-state index in [0.29, 0.717) is 12.1 Å². The van der Waals surface area contributed by atoms with Crippen molar-refractivity contribution in [3.8, 4) is 0 Å². The lowest BCUT2D eigenvalue weighted by atomic mass is 9.92. The number of amides is 1. The molecule has 1 aliphatic rings. The van der Waals surface area contributed by atoms with Gasteiger partial charge >= 0.3 is 0 Å². The van der Waals surface area contributed by atoms with Crippen molar-refractivity contribution >= 4 is 16.9 Å². The Morgan fingerprint density at radius 3 is 2.63 bits per heavy atom. The molecule has 3 heterocycles. The highest BCUT2D eigenvalue weighted by Crippen LogP contribution is 2.22. The first-order valence-electron chi connectivity index (χ1n) is 10.2. The number of unbranched alkanes of at least 4 members (excludes halogenated alkanes) is 1. The fourth-order valence-corrected chi connectivity index (χ4v) is 4.48. The van der Waals surface area contributed by atoms with Crippen molar-refractivity contribution in [3.63, 3.8) is 0 Å². The van der Waals surface area contributed by atoms with Gasteiger partial charge in [-0.05, 0) is 57.6 Å². The SMILES string of the molecule is Cc1cc(C(=O)NCCCCN2CC(C)CC(C)C2)c2c(C)nn(C)c2n1. The van der Waals surface area contributed by atoms with Crippen LogP contribution < -0.4 is 5.32 Å². The standard InChI is InChI=1S/C21H33N5O/c1-14-10-15(2)13-26(12-14)9-7-6-8-22-21(27)18-11-16(3)23-20-19(18)17(4)24-25(20)5/h11,14-15H,6-10,12-13H2,1-5H3,(H,22,27). The summed E-state index contributed by atoms with van der Waals surface area (Å²) in [5.74, 6) is 1.57. The maximum absolute atomic E-state index is 12.7. The van der Waals surface area contributed by atoms with E-state index in [2.05, 4.69) is 34.1 Å². The minimum Gasteiger partial charge on any atom is -0.352 e. The Bertz CT molecular complexity index is 802. The van der Waals surface area contributed by atoms with E-state index in [4.69, 9.17) is 0 Å². The third-order valence-electron chi connectivity index (χ3n) is 5.47. The number of aromatic nitrogens is 3. The van der Waals surface area contributed by atoms with Crippen molar-refractivity contribution in [1.29, 1.82) is 0 Å². The van der Waals surface area contributed by atoms with Crippen LogP contribution in [0.5, 0.6) is 0 Å². The Morgan fingerprint density at radius 1 is 1.22 bits per heavy atom. The highest BCUT2D eigenvalue weighted by atomic mass is 16.1. The third kappa shape index (κ3) is 4.67. The van der Waals surface area contributed by atoms with Crippen molar-refractivity contribution in [3.05, 3.63) is 23.0 Å². The molecular formula is C21H33N5O. The Hall–Kier alpha value is -1.95. The molecule has 0 radical (unpaired) electrons. The van der Waals surface area contributed by atoms with E-state index in [-0.39, 0.29) is 5.91 Å². The summed E-state index contributed by atoms with van der Waals surface area (Å²) in [6.45, 7) is 12.8. The molecule has 0 aliphatic carbocycles. The van der Waals surface area contributed by atoms with Gasteiger partial charge in [-0.25, -0.2) is 4.98 Å². The first-order valence-corrected chi connectivity index (χ1v) is 10.2. The summed E-state index contributed by atoms with van der Waals surface area (Å²) in [5, 5.41) is 8.36. The topological polar surface area (TPSA) is 63.1 Å². The van der Waals surface area contributed by atoms with Gasteiger partial charge in [0.2, 0.25) is 0 Å². The maximum atomic E-state index is 12.7. The largest absolute Gasteiger partial charge is 0.352 e. The number of fused-ring (bicyclic) bond motifs is 1. The van der Waals surface area contributed by atoms with Crippen molar-refractivity contribution < 1.29 is 4.79 Å². The molecule has 1 saturated heterocycles. The maximum Gasteiger partial charge on any atom is 0.252 e. The Kier molecular flexibility index (Phi) is 6.15. The summed E-state index contributed by atoms with van der Waals surface area (Å²) in [6.07, 6.45) is 3.47. The van der Waals surface area contributed by atoms with E-state index in [1.165, 1.54) is 19.5 Å². The van der Waals surface area contributed by atoms with Gasteiger partial charge in [-0.1, -0.05) is 13.8 Å². The molecule has 0 saturated carbocycles. The minimum absolute atomic E-state index is 0.0261. The molecule has 2 atom stereocenters. The minimum atomic E-state index is -0.0261. The van der Waals surface area contributed by atoms with Crippen LogP contribution in [0.4, 0.5) is 0 Å². The lowest BCUT2D eigenvalue weighted by Gasteiger charge is -2.34. The predicted octanol–water partition coefficient (Wildman–Crippen LogP) is 3.07. The predicted molar refractivity (Wildman–Crippen MR) is 109 cm³/mol. The molecule has 6 heteroatoms. The Balaban J connectivity index is 1.52. The molecule has 0 bridgehead atoms. The molecule has 6 nitrogen and oxygen atoms in total. The van der Waals surface area contributed by atoms with Crippen LogP contribution >= 0.6 is 0 Å². The average molecular weight is 372 g/mol. The normalized spacial score (nSPS) is 20.9. The van der Waals surface area contributed by atoms with Crippen LogP contribution in [0.25, 0.3) is 11.0 Å². The number of rotatable bonds is 6. The van der Waals surface area contributed by atoms with E-state index in [1.54, 1.807) is 4.68 Å². The molecule has 1 fully saturated rings. The van der Waals surface area contributed by atoms with Gasteiger partial charge in [0.05, 0.1) is 16.6 Å². The van der Waals surface area contributed by atoms with Crippen molar-refractivity contribution in [2.45, 2.75) is 47.0 Å². The number of nitrogens with zero attached hydrogens (tertiary/aromatic N) is 4. The van der Waals surface area contributed by atoms with E-state index < -0.39 is 0 Å². The first kappa shape index (κ1) is 19.8. The number of hydrogen-bond donors (Lipinski definition) is 1. The first-order chi connectivity index (χ1) is 12.8. The van der Waals surface area contributed by atoms with Crippen molar-refractivity contribution in [1.82, 2.24) is 25.0 Å². The van der Waals surface area contributed by atoms with Crippen molar-refractivity contribution in [2.24, 2.45) is 18.9 Å². The molecule has 1 N–H and O–H groups in total. The van der Waals surface area contributed by atoms with Crippen LogP contribution in [0.2, 0.25) is 0 Å². The molecular weight excluding hydrogens is 338 g/mol. The van der Waals surface area contributed by atoms with Gasteiger partial charge in [0, 0.05) is 32.4 Å².